The van der Waals surface area contributed by atoms with E-state index >= 15 is 0 Å². The van der Waals surface area contributed by atoms with E-state index in [1.807, 2.05) is 0 Å². The molecule has 1 aliphatic rings. The fourth-order valence-corrected chi connectivity index (χ4v) is 2.86. The third-order valence-electron chi connectivity index (χ3n) is 4.04. The number of unbranched alkanes of at least 4 members (excludes halogenated alkanes) is 1. The second-order valence-electron chi connectivity index (χ2n) is 5.88. The fourth-order valence-electron chi connectivity index (χ4n) is 2.86. The van der Waals surface area contributed by atoms with Gasteiger partial charge in [0.2, 0.25) is 5.91 Å². The van der Waals surface area contributed by atoms with Crippen LogP contribution in [0.5, 0.6) is 0 Å². The van der Waals surface area contributed by atoms with Gasteiger partial charge in [-0.15, -0.1) is 0 Å². The van der Waals surface area contributed by atoms with Gasteiger partial charge in [-0.25, -0.2) is 0 Å². The highest BCUT2D eigenvalue weighted by atomic mass is 16.1. The van der Waals surface area contributed by atoms with E-state index in [9.17, 15) is 4.79 Å². The zero-order valence-corrected chi connectivity index (χ0v) is 12.8. The molecule has 19 heavy (non-hydrogen) atoms. The monoisotopic (exact) mass is 268 g/mol. The second kappa shape index (κ2) is 10.2. The molecular weight excluding hydrogens is 236 g/mol. The lowest BCUT2D eigenvalue weighted by atomic mass is 10.00. The Bertz CT molecular complexity index is 237. The number of nitrogens with one attached hydrogen (secondary N) is 2. The summed E-state index contributed by atoms with van der Waals surface area (Å²) in [5.41, 5.74) is 0. The summed E-state index contributed by atoms with van der Waals surface area (Å²) in [5.74, 6) is 0.252. The number of carbonyl (C=O) groups excluding carboxylic acids is 1. The highest BCUT2D eigenvalue weighted by molar-refractivity contribution is 5.76. The molecule has 1 rings (SSSR count). The summed E-state index contributed by atoms with van der Waals surface area (Å²) in [6.45, 7) is 5.53. The lowest BCUT2D eigenvalue weighted by Gasteiger charge is -2.24. The molecule has 0 aliphatic carbocycles. The van der Waals surface area contributed by atoms with Gasteiger partial charge < -0.3 is 10.6 Å². The van der Waals surface area contributed by atoms with Gasteiger partial charge in [-0.1, -0.05) is 39.5 Å². The van der Waals surface area contributed by atoms with Crippen LogP contribution in [0.4, 0.5) is 0 Å². The topological polar surface area (TPSA) is 41.1 Å². The maximum atomic E-state index is 12.0. The first-order valence-electron chi connectivity index (χ1n) is 8.29. The molecular formula is C16H32N2O. The molecule has 0 spiro atoms. The van der Waals surface area contributed by atoms with Crippen molar-refractivity contribution in [2.24, 2.45) is 0 Å². The molecule has 0 aromatic carbocycles. The SMILES string of the molecule is CCCCC(CCC)NC(=O)CCC1CCCCN1. The van der Waals surface area contributed by atoms with E-state index in [-0.39, 0.29) is 5.91 Å². The number of hydrogen-bond donors (Lipinski definition) is 2. The van der Waals surface area contributed by atoms with E-state index in [1.54, 1.807) is 0 Å². The van der Waals surface area contributed by atoms with Crippen LogP contribution in [0.15, 0.2) is 0 Å². The average molecular weight is 268 g/mol. The van der Waals surface area contributed by atoms with Crippen LogP contribution in [-0.4, -0.2) is 24.5 Å². The molecule has 1 amide bonds. The molecule has 0 radical (unpaired) electrons. The summed E-state index contributed by atoms with van der Waals surface area (Å²) in [7, 11) is 0. The van der Waals surface area contributed by atoms with Crippen molar-refractivity contribution >= 4 is 5.91 Å². The Morgan fingerprint density at radius 1 is 1.26 bits per heavy atom. The Balaban J connectivity index is 2.18. The van der Waals surface area contributed by atoms with Crippen molar-refractivity contribution in [2.75, 3.05) is 6.54 Å². The Kier molecular flexibility index (Phi) is 8.89. The normalized spacial score (nSPS) is 21.1. The molecule has 3 heteroatoms. The maximum Gasteiger partial charge on any atom is 0.220 e. The Labute approximate surface area is 118 Å². The van der Waals surface area contributed by atoms with Gasteiger partial charge in [0.15, 0.2) is 0 Å². The van der Waals surface area contributed by atoms with Crippen LogP contribution in [-0.2, 0) is 4.79 Å². The van der Waals surface area contributed by atoms with Crippen LogP contribution in [0.25, 0.3) is 0 Å². The lowest BCUT2D eigenvalue weighted by Crippen LogP contribution is -2.38. The molecule has 0 saturated carbocycles. The smallest absolute Gasteiger partial charge is 0.220 e. The zero-order chi connectivity index (χ0) is 13.9. The van der Waals surface area contributed by atoms with Crippen LogP contribution >= 0.6 is 0 Å². The van der Waals surface area contributed by atoms with Crippen molar-refractivity contribution in [3.63, 3.8) is 0 Å². The quantitative estimate of drug-likeness (QED) is 0.673. The first-order chi connectivity index (χ1) is 9.26. The van der Waals surface area contributed by atoms with Crippen molar-refractivity contribution in [1.82, 2.24) is 10.6 Å². The highest BCUT2D eigenvalue weighted by Crippen LogP contribution is 2.12. The van der Waals surface area contributed by atoms with E-state index in [0.29, 0.717) is 18.5 Å². The van der Waals surface area contributed by atoms with Gasteiger partial charge in [0.05, 0.1) is 0 Å². The van der Waals surface area contributed by atoms with Crippen molar-refractivity contribution in [3.05, 3.63) is 0 Å². The first kappa shape index (κ1) is 16.5. The van der Waals surface area contributed by atoms with E-state index in [0.717, 1.165) is 32.2 Å². The summed E-state index contributed by atoms with van der Waals surface area (Å²) in [6.07, 6.45) is 11.4. The molecule has 1 saturated heterocycles. The van der Waals surface area contributed by atoms with Gasteiger partial charge in [0.1, 0.15) is 0 Å². The second-order valence-corrected chi connectivity index (χ2v) is 5.88. The van der Waals surface area contributed by atoms with Crippen LogP contribution in [0.2, 0.25) is 0 Å². The molecule has 2 atom stereocenters. The molecule has 2 N–H and O–H groups in total. The summed E-state index contributed by atoms with van der Waals surface area (Å²) in [4.78, 5) is 12.0. The fraction of sp³-hybridized carbons (Fsp3) is 0.938. The molecule has 1 fully saturated rings. The number of rotatable bonds is 9. The summed E-state index contributed by atoms with van der Waals surface area (Å²) in [6, 6.07) is 0.969. The Morgan fingerprint density at radius 3 is 2.74 bits per heavy atom. The van der Waals surface area contributed by atoms with Gasteiger partial charge in [-0.05, 0) is 38.6 Å². The van der Waals surface area contributed by atoms with E-state index < -0.39 is 0 Å². The van der Waals surface area contributed by atoms with Crippen molar-refractivity contribution in [1.29, 1.82) is 0 Å². The van der Waals surface area contributed by atoms with Gasteiger partial charge in [0, 0.05) is 18.5 Å². The minimum absolute atomic E-state index is 0.252. The number of hydrogen-bond acceptors (Lipinski definition) is 2. The number of amides is 1. The summed E-state index contributed by atoms with van der Waals surface area (Å²) < 4.78 is 0. The molecule has 0 bridgehead atoms. The van der Waals surface area contributed by atoms with Crippen LogP contribution in [0.3, 0.4) is 0 Å². The van der Waals surface area contributed by atoms with E-state index in [2.05, 4.69) is 24.5 Å². The lowest BCUT2D eigenvalue weighted by molar-refractivity contribution is -0.122. The molecule has 0 aromatic heterocycles. The van der Waals surface area contributed by atoms with Crippen LogP contribution in [0, 0.1) is 0 Å². The molecule has 112 valence electrons. The highest BCUT2D eigenvalue weighted by Gasteiger charge is 2.15. The van der Waals surface area contributed by atoms with Gasteiger partial charge in [0.25, 0.3) is 0 Å². The van der Waals surface area contributed by atoms with Crippen molar-refractivity contribution < 1.29 is 4.79 Å². The zero-order valence-electron chi connectivity index (χ0n) is 12.8. The molecule has 1 heterocycles. The number of carbonyl (C=O) groups is 1. The molecule has 2 unspecified atom stereocenters. The minimum Gasteiger partial charge on any atom is -0.353 e. The Morgan fingerprint density at radius 2 is 2.11 bits per heavy atom. The van der Waals surface area contributed by atoms with Crippen LogP contribution < -0.4 is 10.6 Å². The Hall–Kier alpha value is -0.570. The minimum atomic E-state index is 0.252. The standard InChI is InChI=1S/C16H32N2O/c1-3-5-9-15(8-4-2)18-16(19)12-11-14-10-6-7-13-17-14/h14-15,17H,3-13H2,1-2H3,(H,18,19). The maximum absolute atomic E-state index is 12.0. The molecule has 0 aromatic rings. The predicted molar refractivity (Wildman–Crippen MR) is 81.2 cm³/mol. The largest absolute Gasteiger partial charge is 0.353 e. The summed E-state index contributed by atoms with van der Waals surface area (Å²) >= 11 is 0. The number of piperidine rings is 1. The van der Waals surface area contributed by atoms with E-state index in [1.165, 1.54) is 32.1 Å². The predicted octanol–water partition coefficient (Wildman–Crippen LogP) is 3.38. The van der Waals surface area contributed by atoms with Gasteiger partial charge >= 0.3 is 0 Å². The first-order valence-corrected chi connectivity index (χ1v) is 8.29. The van der Waals surface area contributed by atoms with E-state index in [4.69, 9.17) is 0 Å². The average Bonchev–Trinajstić information content (AvgIpc) is 2.44. The molecule has 3 nitrogen and oxygen atoms in total. The van der Waals surface area contributed by atoms with Gasteiger partial charge in [-0.2, -0.15) is 0 Å². The third-order valence-corrected chi connectivity index (χ3v) is 4.04. The van der Waals surface area contributed by atoms with Crippen molar-refractivity contribution in [2.45, 2.75) is 90.1 Å². The van der Waals surface area contributed by atoms with Gasteiger partial charge in [-0.3, -0.25) is 4.79 Å². The molecule has 1 aliphatic heterocycles. The van der Waals surface area contributed by atoms with Crippen molar-refractivity contribution in [3.8, 4) is 0 Å². The summed E-state index contributed by atoms with van der Waals surface area (Å²) in [5, 5.41) is 6.73. The third kappa shape index (κ3) is 7.56. The van der Waals surface area contributed by atoms with Crippen LogP contribution in [0.1, 0.15) is 78.1 Å².